The van der Waals surface area contributed by atoms with E-state index in [1.807, 2.05) is 113 Å². The number of nitrogens with zero attached hydrogens (tertiary/aromatic N) is 4. The number of anilines is 1. The van der Waals surface area contributed by atoms with Gasteiger partial charge in [0.2, 0.25) is 0 Å². The fraction of sp³-hybridized carbons (Fsp3) is 0.121. The third kappa shape index (κ3) is 3.73. The smallest absolute Gasteiger partial charge is 0.194 e. The quantitative estimate of drug-likeness (QED) is 0.250. The highest BCUT2D eigenvalue weighted by molar-refractivity contribution is 6.30. The molecule has 7 rings (SSSR count). The molecule has 1 aliphatic carbocycles. The first-order valence-corrected chi connectivity index (χ1v) is 13.5. The number of carbonyl (C=O) groups is 1. The summed E-state index contributed by atoms with van der Waals surface area (Å²) in [5.74, 6) is -0.275. The number of hydrazone groups is 1. The predicted octanol–water partition coefficient (Wildman–Crippen LogP) is 7.10. The van der Waals surface area contributed by atoms with Gasteiger partial charge < -0.3 is 0 Å². The van der Waals surface area contributed by atoms with Crippen LogP contribution in [0.1, 0.15) is 39.5 Å². The van der Waals surface area contributed by atoms with Gasteiger partial charge in [0.25, 0.3) is 0 Å². The molecular formula is C33H25ClN4O. The largest absolute Gasteiger partial charge is 0.291 e. The van der Waals surface area contributed by atoms with E-state index in [2.05, 4.69) is 17.2 Å². The van der Waals surface area contributed by atoms with Gasteiger partial charge in [-0.3, -0.25) is 9.80 Å². The van der Waals surface area contributed by atoms with Crippen LogP contribution < -0.4 is 5.01 Å². The molecule has 190 valence electrons. The second-order valence-electron chi connectivity index (χ2n) is 9.99. The van der Waals surface area contributed by atoms with E-state index >= 15 is 0 Å². The van der Waals surface area contributed by atoms with Crippen LogP contribution in [-0.2, 0) is 6.42 Å². The van der Waals surface area contributed by atoms with Crippen molar-refractivity contribution >= 4 is 28.8 Å². The summed E-state index contributed by atoms with van der Waals surface area (Å²) in [6.07, 6.45) is 2.99. The molecule has 2 aliphatic rings. The molecule has 0 amide bonds. The van der Waals surface area contributed by atoms with E-state index < -0.39 is 5.54 Å². The Balaban J connectivity index is 1.45. The molecular weight excluding hydrogens is 504 g/mol. The Labute approximate surface area is 232 Å². The number of hydrogen-bond donors (Lipinski definition) is 0. The van der Waals surface area contributed by atoms with Gasteiger partial charge in [0, 0.05) is 5.02 Å². The Morgan fingerprint density at radius 1 is 0.769 bits per heavy atom. The number of aromatic nitrogens is 2. The van der Waals surface area contributed by atoms with Crippen LogP contribution in [0.2, 0.25) is 5.02 Å². The zero-order valence-corrected chi connectivity index (χ0v) is 21.9. The van der Waals surface area contributed by atoms with Crippen molar-refractivity contribution in [2.45, 2.75) is 24.3 Å². The van der Waals surface area contributed by atoms with Crippen LogP contribution in [0.15, 0.2) is 127 Å². The second-order valence-corrected chi connectivity index (χ2v) is 10.4. The Morgan fingerprint density at radius 3 is 2.05 bits per heavy atom. The van der Waals surface area contributed by atoms with E-state index in [4.69, 9.17) is 16.7 Å². The number of para-hydroxylation sites is 2. The molecule has 2 unspecified atom stereocenters. The maximum Gasteiger partial charge on any atom is 0.194 e. The first kappa shape index (κ1) is 23.6. The molecule has 5 nitrogen and oxygen atoms in total. The van der Waals surface area contributed by atoms with Gasteiger partial charge in [-0.2, -0.15) is 10.2 Å². The molecule has 0 fully saturated rings. The SMILES string of the molecule is O=C1c2cnn(-c3ccccc3)c2CCC12C(c1ccc(Cl)cc1)C(c1ccccc1)=NN2c1ccccc1. The van der Waals surface area contributed by atoms with Crippen LogP contribution >= 0.6 is 11.6 Å². The normalized spacial score (nSPS) is 20.2. The van der Waals surface area contributed by atoms with Crippen molar-refractivity contribution in [3.63, 3.8) is 0 Å². The summed E-state index contributed by atoms with van der Waals surface area (Å²) in [7, 11) is 0. The summed E-state index contributed by atoms with van der Waals surface area (Å²) in [5.41, 5.74) is 5.33. The Bertz CT molecular complexity index is 1680. The van der Waals surface area contributed by atoms with Crippen molar-refractivity contribution in [3.05, 3.63) is 149 Å². The minimum atomic E-state index is -0.960. The van der Waals surface area contributed by atoms with Crippen molar-refractivity contribution in [2.24, 2.45) is 5.10 Å². The molecule has 4 aromatic carbocycles. The average Bonchev–Trinajstić information content (AvgIpc) is 3.58. The number of benzene rings is 4. The second kappa shape index (κ2) is 9.37. The molecule has 6 heteroatoms. The maximum absolute atomic E-state index is 14.9. The number of halogens is 1. The lowest BCUT2D eigenvalue weighted by Crippen LogP contribution is -2.56. The highest BCUT2D eigenvalue weighted by atomic mass is 35.5. The van der Waals surface area contributed by atoms with Gasteiger partial charge in [-0.25, -0.2) is 4.68 Å². The lowest BCUT2D eigenvalue weighted by molar-refractivity contribution is 0.0855. The van der Waals surface area contributed by atoms with Crippen molar-refractivity contribution in [3.8, 4) is 5.69 Å². The van der Waals surface area contributed by atoms with E-state index in [1.54, 1.807) is 6.20 Å². The first-order chi connectivity index (χ1) is 19.2. The lowest BCUT2D eigenvalue weighted by atomic mass is 9.66. The van der Waals surface area contributed by atoms with Gasteiger partial charge in [0.1, 0.15) is 5.54 Å². The standard InChI is InChI=1S/C33H25ClN4O/c34-25-18-16-23(17-19-25)30-31(24-10-4-1-5-11-24)36-38(27-14-8-3-9-15-27)33(30)21-20-29-28(32(33)39)22-35-37(29)26-12-6-2-7-13-26/h1-19,22,30H,20-21H2. The summed E-state index contributed by atoms with van der Waals surface area (Å²) in [4.78, 5) is 14.9. The zero-order chi connectivity index (χ0) is 26.4. The Morgan fingerprint density at radius 2 is 1.38 bits per heavy atom. The first-order valence-electron chi connectivity index (χ1n) is 13.1. The molecule has 0 N–H and O–H groups in total. The van der Waals surface area contributed by atoms with Crippen LogP contribution in [0.4, 0.5) is 5.69 Å². The van der Waals surface area contributed by atoms with Gasteiger partial charge in [-0.05, 0) is 60.4 Å². The van der Waals surface area contributed by atoms with E-state index in [1.165, 1.54) is 0 Å². The molecule has 1 spiro atoms. The number of hydrogen-bond acceptors (Lipinski definition) is 4. The molecule has 0 saturated heterocycles. The van der Waals surface area contributed by atoms with E-state index in [0.29, 0.717) is 23.4 Å². The molecule has 2 atom stereocenters. The molecule has 1 aromatic heterocycles. The van der Waals surface area contributed by atoms with Gasteiger partial charge in [0.15, 0.2) is 5.78 Å². The van der Waals surface area contributed by atoms with Gasteiger partial charge >= 0.3 is 0 Å². The molecule has 2 heterocycles. The van der Waals surface area contributed by atoms with Crippen LogP contribution in [-0.4, -0.2) is 26.8 Å². The van der Waals surface area contributed by atoms with Crippen molar-refractivity contribution in [1.29, 1.82) is 0 Å². The summed E-state index contributed by atoms with van der Waals surface area (Å²) >= 11 is 6.31. The molecule has 1 aliphatic heterocycles. The number of carbonyl (C=O) groups excluding carboxylic acids is 1. The summed E-state index contributed by atoms with van der Waals surface area (Å²) in [5, 5.41) is 12.6. The Hall–Kier alpha value is -4.48. The fourth-order valence-electron chi connectivity index (χ4n) is 6.11. The van der Waals surface area contributed by atoms with E-state index in [0.717, 1.165) is 33.9 Å². The lowest BCUT2D eigenvalue weighted by Gasteiger charge is -2.43. The van der Waals surface area contributed by atoms with Crippen LogP contribution in [0.5, 0.6) is 0 Å². The van der Waals surface area contributed by atoms with Gasteiger partial charge in [-0.1, -0.05) is 90.5 Å². The van der Waals surface area contributed by atoms with Crippen LogP contribution in [0.25, 0.3) is 5.69 Å². The minimum absolute atomic E-state index is 0.0319. The Kier molecular flexibility index (Phi) is 5.67. The van der Waals surface area contributed by atoms with E-state index in [9.17, 15) is 4.79 Å². The van der Waals surface area contributed by atoms with Crippen molar-refractivity contribution in [1.82, 2.24) is 9.78 Å². The third-order valence-corrected chi connectivity index (χ3v) is 8.11. The van der Waals surface area contributed by atoms with Crippen molar-refractivity contribution < 1.29 is 4.79 Å². The summed E-state index contributed by atoms with van der Waals surface area (Å²) in [6, 6.07) is 38.0. The zero-order valence-electron chi connectivity index (χ0n) is 21.1. The van der Waals surface area contributed by atoms with Gasteiger partial charge in [0.05, 0.1) is 40.5 Å². The molecule has 39 heavy (non-hydrogen) atoms. The van der Waals surface area contributed by atoms with Crippen LogP contribution in [0, 0.1) is 0 Å². The highest BCUT2D eigenvalue weighted by Crippen LogP contribution is 2.51. The number of Topliss-reactive ketones (excluding diaryl/α,β-unsaturated/α-hetero) is 1. The summed E-state index contributed by atoms with van der Waals surface area (Å²) in [6.45, 7) is 0. The van der Waals surface area contributed by atoms with Gasteiger partial charge in [-0.15, -0.1) is 0 Å². The number of rotatable bonds is 4. The summed E-state index contributed by atoms with van der Waals surface area (Å²) < 4.78 is 1.90. The molecule has 0 radical (unpaired) electrons. The van der Waals surface area contributed by atoms with Crippen LogP contribution in [0.3, 0.4) is 0 Å². The number of fused-ring (bicyclic) bond motifs is 1. The minimum Gasteiger partial charge on any atom is -0.291 e. The maximum atomic E-state index is 14.9. The highest BCUT2D eigenvalue weighted by Gasteiger charge is 2.59. The topological polar surface area (TPSA) is 50.5 Å². The molecule has 0 saturated carbocycles. The fourth-order valence-corrected chi connectivity index (χ4v) is 6.24. The number of ketones is 1. The molecule has 5 aromatic rings. The monoisotopic (exact) mass is 528 g/mol. The molecule has 0 bridgehead atoms. The van der Waals surface area contributed by atoms with Crippen molar-refractivity contribution in [2.75, 3.05) is 5.01 Å². The third-order valence-electron chi connectivity index (χ3n) is 7.86. The average molecular weight is 529 g/mol. The predicted molar refractivity (Wildman–Crippen MR) is 155 cm³/mol. The van der Waals surface area contributed by atoms with E-state index in [-0.39, 0.29) is 11.7 Å².